The molecule has 32 heavy (non-hydrogen) atoms. The van der Waals surface area contributed by atoms with Crippen LogP contribution >= 0.6 is 0 Å². The summed E-state index contributed by atoms with van der Waals surface area (Å²) >= 11 is 0. The molecule has 4 aromatic rings. The van der Waals surface area contributed by atoms with E-state index >= 15 is 0 Å². The number of benzene rings is 4. The summed E-state index contributed by atoms with van der Waals surface area (Å²) in [5.41, 5.74) is 3.33. The van der Waals surface area contributed by atoms with Gasteiger partial charge in [-0.1, -0.05) is 60.7 Å². The molecule has 0 atom stereocenters. The van der Waals surface area contributed by atoms with Crippen molar-refractivity contribution >= 4 is 5.91 Å². The van der Waals surface area contributed by atoms with E-state index in [9.17, 15) is 9.90 Å². The predicted octanol–water partition coefficient (Wildman–Crippen LogP) is 6.21. The number of ether oxygens (including phenoxy) is 1. The molecule has 0 bridgehead atoms. The Bertz CT molecular complexity index is 1160. The third-order valence-corrected chi connectivity index (χ3v) is 5.16. The summed E-state index contributed by atoms with van der Waals surface area (Å²) in [5.74, 6) is 1.34. The van der Waals surface area contributed by atoms with Crippen LogP contribution in [0.3, 0.4) is 0 Å². The van der Waals surface area contributed by atoms with Gasteiger partial charge in [0.05, 0.1) is 5.56 Å². The molecule has 0 unspecified atom stereocenters. The summed E-state index contributed by atoms with van der Waals surface area (Å²) in [4.78, 5) is 12.9. The highest BCUT2D eigenvalue weighted by molar-refractivity contribution is 6.01. The van der Waals surface area contributed by atoms with Gasteiger partial charge in [-0.25, -0.2) is 0 Å². The summed E-state index contributed by atoms with van der Waals surface area (Å²) in [6.07, 6.45) is 1.74. The maximum absolute atomic E-state index is 12.9. The number of hydrogen-bond acceptors (Lipinski definition) is 3. The zero-order chi connectivity index (χ0) is 22.2. The van der Waals surface area contributed by atoms with Crippen LogP contribution in [0.1, 0.15) is 22.3 Å². The summed E-state index contributed by atoms with van der Waals surface area (Å²) in [6.45, 7) is 0.562. The first-order valence-electron chi connectivity index (χ1n) is 10.7. The van der Waals surface area contributed by atoms with Gasteiger partial charge in [0.25, 0.3) is 5.91 Å². The van der Waals surface area contributed by atoms with Crippen LogP contribution in [-0.4, -0.2) is 17.6 Å². The monoisotopic (exact) mass is 423 g/mol. The van der Waals surface area contributed by atoms with Gasteiger partial charge in [-0.05, 0) is 72.0 Å². The first kappa shape index (κ1) is 21.2. The fourth-order valence-electron chi connectivity index (χ4n) is 3.53. The van der Waals surface area contributed by atoms with Crippen LogP contribution < -0.4 is 10.1 Å². The van der Waals surface area contributed by atoms with Crippen LogP contribution in [0.25, 0.3) is 11.1 Å². The normalized spacial score (nSPS) is 10.5. The Kier molecular flexibility index (Phi) is 6.83. The molecule has 4 aromatic carbocycles. The second-order valence-corrected chi connectivity index (χ2v) is 7.51. The van der Waals surface area contributed by atoms with Gasteiger partial charge in [0.1, 0.15) is 17.2 Å². The lowest BCUT2D eigenvalue weighted by molar-refractivity contribution is 0.0953. The maximum Gasteiger partial charge on any atom is 0.252 e. The van der Waals surface area contributed by atoms with Crippen molar-refractivity contribution in [3.63, 3.8) is 0 Å². The highest BCUT2D eigenvalue weighted by Crippen LogP contribution is 2.30. The Morgan fingerprint density at radius 1 is 0.781 bits per heavy atom. The van der Waals surface area contributed by atoms with E-state index in [1.54, 1.807) is 12.1 Å². The molecule has 0 fully saturated rings. The molecule has 0 aliphatic heterocycles. The summed E-state index contributed by atoms with van der Waals surface area (Å²) in [6, 6.07) is 32.2. The van der Waals surface area contributed by atoms with Crippen LogP contribution in [-0.2, 0) is 6.42 Å². The first-order valence-corrected chi connectivity index (χ1v) is 10.7. The number of nitrogens with one attached hydrogen (secondary N) is 1. The van der Waals surface area contributed by atoms with Gasteiger partial charge >= 0.3 is 0 Å². The number of amides is 1. The minimum Gasteiger partial charge on any atom is -0.508 e. The number of aryl methyl sites for hydroxylation is 1. The number of hydrogen-bond donors (Lipinski definition) is 2. The van der Waals surface area contributed by atoms with Gasteiger partial charge in [-0.15, -0.1) is 0 Å². The van der Waals surface area contributed by atoms with Crippen molar-refractivity contribution in [3.8, 4) is 28.4 Å². The minimum atomic E-state index is -0.200. The lowest BCUT2D eigenvalue weighted by atomic mass is 9.98. The van der Waals surface area contributed by atoms with Gasteiger partial charge in [0, 0.05) is 6.54 Å². The average molecular weight is 424 g/mol. The molecule has 0 radical (unpaired) electrons. The van der Waals surface area contributed by atoms with Crippen LogP contribution in [0.5, 0.6) is 17.2 Å². The second-order valence-electron chi connectivity index (χ2n) is 7.51. The van der Waals surface area contributed by atoms with Crippen molar-refractivity contribution in [3.05, 3.63) is 114 Å². The number of rotatable bonds is 8. The summed E-state index contributed by atoms with van der Waals surface area (Å²) < 4.78 is 5.85. The van der Waals surface area contributed by atoms with Gasteiger partial charge in [0.15, 0.2) is 0 Å². The molecule has 1 amide bonds. The van der Waals surface area contributed by atoms with Crippen molar-refractivity contribution in [2.24, 2.45) is 0 Å². The smallest absolute Gasteiger partial charge is 0.252 e. The van der Waals surface area contributed by atoms with Crippen LogP contribution in [0.2, 0.25) is 0 Å². The Morgan fingerprint density at radius 2 is 1.44 bits per heavy atom. The fourth-order valence-corrected chi connectivity index (χ4v) is 3.53. The van der Waals surface area contributed by atoms with Crippen molar-refractivity contribution < 1.29 is 14.6 Å². The molecule has 0 saturated heterocycles. The molecule has 0 aromatic heterocycles. The zero-order valence-corrected chi connectivity index (χ0v) is 17.7. The Hall–Kier alpha value is -4.05. The molecular weight excluding hydrogens is 398 g/mol. The fraction of sp³-hybridized carbons (Fsp3) is 0.107. The van der Waals surface area contributed by atoms with Gasteiger partial charge < -0.3 is 15.2 Å². The molecule has 0 heterocycles. The van der Waals surface area contributed by atoms with E-state index in [2.05, 4.69) is 17.4 Å². The van der Waals surface area contributed by atoms with E-state index < -0.39 is 0 Å². The summed E-state index contributed by atoms with van der Waals surface area (Å²) in [5, 5.41) is 12.9. The number of phenolic OH excluding ortho intramolecular Hbond substituents is 1. The van der Waals surface area contributed by atoms with Crippen LogP contribution in [0.15, 0.2) is 103 Å². The molecule has 0 aliphatic carbocycles. The molecule has 0 aliphatic rings. The number of aromatic hydroxyl groups is 1. The SMILES string of the molecule is O=C(NCCCc1ccccc1)c1cc(O)ccc1-c1ccc(Oc2ccccc2)cc1. The topological polar surface area (TPSA) is 58.6 Å². The molecule has 0 spiro atoms. The third-order valence-electron chi connectivity index (χ3n) is 5.16. The number of carbonyl (C=O) groups is 1. The molecule has 4 rings (SSSR count). The van der Waals surface area contributed by atoms with E-state index in [0.29, 0.717) is 17.9 Å². The molecule has 4 nitrogen and oxygen atoms in total. The Labute approximate surface area is 188 Å². The predicted molar refractivity (Wildman–Crippen MR) is 127 cm³/mol. The molecular formula is C28H25NO3. The van der Waals surface area contributed by atoms with Crippen LogP contribution in [0.4, 0.5) is 0 Å². The molecule has 4 heteroatoms. The Morgan fingerprint density at radius 3 is 2.16 bits per heavy atom. The van der Waals surface area contributed by atoms with Gasteiger partial charge in [0.2, 0.25) is 0 Å². The van der Waals surface area contributed by atoms with E-state index in [4.69, 9.17) is 4.74 Å². The van der Waals surface area contributed by atoms with E-state index in [0.717, 1.165) is 29.7 Å². The number of para-hydroxylation sites is 1. The second kappa shape index (κ2) is 10.3. The highest BCUT2D eigenvalue weighted by Gasteiger charge is 2.14. The zero-order valence-electron chi connectivity index (χ0n) is 17.7. The Balaban J connectivity index is 1.43. The quantitative estimate of drug-likeness (QED) is 0.331. The van der Waals surface area contributed by atoms with E-state index in [1.807, 2.05) is 72.8 Å². The third kappa shape index (κ3) is 5.55. The lowest BCUT2D eigenvalue weighted by Gasteiger charge is -2.12. The standard InChI is InChI=1S/C28H25NO3/c30-23-15-18-26(22-13-16-25(17-14-22)32-24-11-5-2-6-12-24)27(20-23)28(31)29-19-7-10-21-8-3-1-4-9-21/h1-6,8-9,11-18,20,30H,7,10,19H2,(H,29,31). The number of carbonyl (C=O) groups excluding carboxylic acids is 1. The average Bonchev–Trinajstić information content (AvgIpc) is 2.83. The lowest BCUT2D eigenvalue weighted by Crippen LogP contribution is -2.25. The van der Waals surface area contributed by atoms with Crippen molar-refractivity contribution in [2.45, 2.75) is 12.8 Å². The van der Waals surface area contributed by atoms with E-state index in [1.165, 1.54) is 11.6 Å². The van der Waals surface area contributed by atoms with E-state index in [-0.39, 0.29) is 11.7 Å². The van der Waals surface area contributed by atoms with Crippen molar-refractivity contribution in [1.29, 1.82) is 0 Å². The van der Waals surface area contributed by atoms with Crippen molar-refractivity contribution in [2.75, 3.05) is 6.54 Å². The molecule has 160 valence electrons. The maximum atomic E-state index is 12.9. The molecule has 0 saturated carbocycles. The van der Waals surface area contributed by atoms with Crippen molar-refractivity contribution in [1.82, 2.24) is 5.32 Å². The van der Waals surface area contributed by atoms with Crippen LogP contribution in [0, 0.1) is 0 Å². The van der Waals surface area contributed by atoms with Gasteiger partial charge in [-0.3, -0.25) is 4.79 Å². The largest absolute Gasteiger partial charge is 0.508 e. The first-order chi connectivity index (χ1) is 15.7. The summed E-state index contributed by atoms with van der Waals surface area (Å²) in [7, 11) is 0. The minimum absolute atomic E-state index is 0.0622. The number of phenols is 1. The molecule has 2 N–H and O–H groups in total. The van der Waals surface area contributed by atoms with Gasteiger partial charge in [-0.2, -0.15) is 0 Å². The highest BCUT2D eigenvalue weighted by atomic mass is 16.5.